The number of nitrogens with zero attached hydrogens (tertiary/aromatic N) is 2. The maximum absolute atomic E-state index is 12.2. The van der Waals surface area contributed by atoms with Crippen LogP contribution in [-0.4, -0.2) is 18.3 Å². The monoisotopic (exact) mass is 328 g/mol. The molecule has 2 aromatic rings. The van der Waals surface area contributed by atoms with Crippen LogP contribution in [0.4, 0.5) is 11.4 Å². The first kappa shape index (κ1) is 15.4. The average molecular weight is 328 g/mol. The van der Waals surface area contributed by atoms with Crippen molar-refractivity contribution >= 4 is 32.7 Å². The van der Waals surface area contributed by atoms with Gasteiger partial charge in [-0.15, -0.1) is 11.3 Å². The highest BCUT2D eigenvalue weighted by Crippen LogP contribution is 2.24. The van der Waals surface area contributed by atoms with Gasteiger partial charge in [0, 0.05) is 23.6 Å². The van der Waals surface area contributed by atoms with Crippen LogP contribution in [0, 0.1) is 17.0 Å². The number of nitrogens with two attached hydrogens (primary N) is 1. The zero-order valence-corrected chi connectivity index (χ0v) is 12.6. The van der Waals surface area contributed by atoms with Gasteiger partial charge in [0.2, 0.25) is 10.0 Å². The Kier molecular flexibility index (Phi) is 4.21. The quantitative estimate of drug-likeness (QED) is 0.485. The molecule has 3 N–H and O–H groups in total. The molecule has 0 aliphatic rings. The normalized spacial score (nSPS) is 11.5. The third-order valence-electron chi connectivity index (χ3n) is 2.77. The summed E-state index contributed by atoms with van der Waals surface area (Å²) in [7, 11) is -3.94. The number of hydrogen-bond donors (Lipinski definition) is 2. The molecule has 2 rings (SSSR count). The molecule has 0 saturated heterocycles. The summed E-state index contributed by atoms with van der Waals surface area (Å²) in [4.78, 5) is 14.5. The summed E-state index contributed by atoms with van der Waals surface area (Å²) in [6, 6.07) is 3.30. The molecular formula is C11H12N4O4S2. The van der Waals surface area contributed by atoms with E-state index in [4.69, 9.17) is 5.73 Å². The van der Waals surface area contributed by atoms with Crippen molar-refractivity contribution in [2.75, 3.05) is 5.73 Å². The van der Waals surface area contributed by atoms with E-state index in [2.05, 4.69) is 9.71 Å². The van der Waals surface area contributed by atoms with E-state index in [9.17, 15) is 18.5 Å². The van der Waals surface area contributed by atoms with Crippen molar-refractivity contribution in [1.29, 1.82) is 0 Å². The Morgan fingerprint density at radius 2 is 2.19 bits per heavy atom. The van der Waals surface area contributed by atoms with Crippen LogP contribution in [0.3, 0.4) is 0 Å². The third-order valence-corrected chi connectivity index (χ3v) is 5.16. The molecule has 0 spiro atoms. The summed E-state index contributed by atoms with van der Waals surface area (Å²) in [6.07, 6.45) is 0. The number of nitro groups is 1. The SMILES string of the molecule is Cc1ncsc1CNS(=O)(=O)c1cc([N+](=O)[O-])ccc1N. The van der Waals surface area contributed by atoms with E-state index in [1.165, 1.54) is 17.4 Å². The Balaban J connectivity index is 2.29. The molecule has 112 valence electrons. The molecule has 10 heteroatoms. The van der Waals surface area contributed by atoms with Crippen molar-refractivity contribution in [3.05, 3.63) is 44.4 Å². The minimum absolute atomic E-state index is 0.0471. The van der Waals surface area contributed by atoms with Gasteiger partial charge in [0.1, 0.15) is 4.90 Å². The number of anilines is 1. The van der Waals surface area contributed by atoms with Gasteiger partial charge in [-0.3, -0.25) is 10.1 Å². The van der Waals surface area contributed by atoms with Crippen LogP contribution in [0.2, 0.25) is 0 Å². The van der Waals surface area contributed by atoms with Gasteiger partial charge in [-0.05, 0) is 13.0 Å². The lowest BCUT2D eigenvalue weighted by Crippen LogP contribution is -2.24. The van der Waals surface area contributed by atoms with E-state index >= 15 is 0 Å². The number of nitro benzene ring substituents is 1. The van der Waals surface area contributed by atoms with E-state index < -0.39 is 14.9 Å². The summed E-state index contributed by atoms with van der Waals surface area (Å²) >= 11 is 1.32. The Labute approximate surface area is 124 Å². The molecule has 0 bridgehead atoms. The smallest absolute Gasteiger partial charge is 0.270 e. The molecule has 0 fully saturated rings. The van der Waals surface area contributed by atoms with Gasteiger partial charge in [-0.2, -0.15) is 0 Å². The molecule has 0 aliphatic carbocycles. The predicted molar refractivity (Wildman–Crippen MR) is 78.4 cm³/mol. The topological polar surface area (TPSA) is 128 Å². The van der Waals surface area contributed by atoms with Crippen LogP contribution < -0.4 is 10.5 Å². The Bertz CT molecular complexity index is 785. The Hall–Kier alpha value is -2.04. The minimum atomic E-state index is -3.94. The molecule has 0 aliphatic heterocycles. The van der Waals surface area contributed by atoms with Gasteiger partial charge >= 0.3 is 0 Å². The third kappa shape index (κ3) is 3.35. The highest BCUT2D eigenvalue weighted by molar-refractivity contribution is 7.89. The molecule has 1 aromatic heterocycles. The number of sulfonamides is 1. The van der Waals surface area contributed by atoms with Crippen molar-refractivity contribution in [3.63, 3.8) is 0 Å². The van der Waals surface area contributed by atoms with Crippen LogP contribution in [0.15, 0.2) is 28.6 Å². The van der Waals surface area contributed by atoms with Crippen LogP contribution in [-0.2, 0) is 16.6 Å². The lowest BCUT2D eigenvalue weighted by Gasteiger charge is -2.08. The molecule has 8 nitrogen and oxygen atoms in total. The maximum atomic E-state index is 12.2. The molecule has 0 unspecified atom stereocenters. The summed E-state index contributed by atoms with van der Waals surface area (Å²) < 4.78 is 26.8. The number of aromatic nitrogens is 1. The second-order valence-electron chi connectivity index (χ2n) is 4.16. The van der Waals surface area contributed by atoms with Crippen molar-refractivity contribution in [2.24, 2.45) is 0 Å². The van der Waals surface area contributed by atoms with Gasteiger partial charge in [-0.25, -0.2) is 18.1 Å². The van der Waals surface area contributed by atoms with E-state index in [0.29, 0.717) is 0 Å². The fourth-order valence-electron chi connectivity index (χ4n) is 1.60. The summed E-state index contributed by atoms with van der Waals surface area (Å²) in [5.74, 6) is 0. The van der Waals surface area contributed by atoms with Crippen molar-refractivity contribution in [1.82, 2.24) is 9.71 Å². The van der Waals surface area contributed by atoms with E-state index in [1.54, 1.807) is 12.4 Å². The minimum Gasteiger partial charge on any atom is -0.398 e. The van der Waals surface area contributed by atoms with Gasteiger partial charge in [0.05, 0.1) is 21.8 Å². The predicted octanol–water partition coefficient (Wildman–Crippen LogP) is 1.42. The number of thiazole rings is 1. The second kappa shape index (κ2) is 5.76. The lowest BCUT2D eigenvalue weighted by molar-refractivity contribution is -0.385. The first-order chi connectivity index (χ1) is 9.81. The Morgan fingerprint density at radius 1 is 1.48 bits per heavy atom. The largest absolute Gasteiger partial charge is 0.398 e. The second-order valence-corrected chi connectivity index (χ2v) is 6.84. The molecule has 0 amide bonds. The highest BCUT2D eigenvalue weighted by Gasteiger charge is 2.21. The first-order valence-corrected chi connectivity index (χ1v) is 8.10. The zero-order valence-electron chi connectivity index (χ0n) is 10.9. The molecule has 0 radical (unpaired) electrons. The number of rotatable bonds is 5. The number of non-ortho nitro benzene ring substituents is 1. The molecular weight excluding hydrogens is 316 g/mol. The molecule has 1 aromatic carbocycles. The van der Waals surface area contributed by atoms with E-state index in [0.717, 1.165) is 22.7 Å². The number of aryl methyl sites for hydroxylation is 1. The molecule has 0 saturated carbocycles. The fraction of sp³-hybridized carbons (Fsp3) is 0.182. The molecule has 21 heavy (non-hydrogen) atoms. The Morgan fingerprint density at radius 3 is 2.76 bits per heavy atom. The average Bonchev–Trinajstić information content (AvgIpc) is 2.82. The lowest BCUT2D eigenvalue weighted by atomic mass is 10.3. The first-order valence-electron chi connectivity index (χ1n) is 5.74. The summed E-state index contributed by atoms with van der Waals surface area (Å²) in [6.45, 7) is 1.82. The van der Waals surface area contributed by atoms with Gasteiger partial charge in [0.15, 0.2) is 0 Å². The summed E-state index contributed by atoms with van der Waals surface area (Å²) in [5.41, 5.74) is 7.56. The van der Waals surface area contributed by atoms with Crippen LogP contribution in [0.25, 0.3) is 0 Å². The van der Waals surface area contributed by atoms with Crippen molar-refractivity contribution in [2.45, 2.75) is 18.4 Å². The van der Waals surface area contributed by atoms with Crippen LogP contribution in [0.5, 0.6) is 0 Å². The van der Waals surface area contributed by atoms with Crippen molar-refractivity contribution < 1.29 is 13.3 Å². The number of benzene rings is 1. The molecule has 0 atom stereocenters. The number of nitrogens with one attached hydrogen (secondary N) is 1. The van der Waals surface area contributed by atoms with Gasteiger partial charge in [0.25, 0.3) is 5.69 Å². The standard InChI is InChI=1S/C11H12N4O4S2/c1-7-10(20-6-13-7)5-14-21(18,19)11-4-8(15(16)17)2-3-9(11)12/h2-4,6,14H,5,12H2,1H3. The van der Waals surface area contributed by atoms with Gasteiger partial charge in [-0.1, -0.05) is 0 Å². The highest BCUT2D eigenvalue weighted by atomic mass is 32.2. The fourth-order valence-corrected chi connectivity index (χ4v) is 3.56. The van der Waals surface area contributed by atoms with Gasteiger partial charge < -0.3 is 5.73 Å². The van der Waals surface area contributed by atoms with Crippen LogP contribution in [0.1, 0.15) is 10.6 Å². The number of nitrogen functional groups attached to an aromatic ring is 1. The van der Waals surface area contributed by atoms with Crippen LogP contribution >= 0.6 is 11.3 Å². The van der Waals surface area contributed by atoms with E-state index in [-0.39, 0.29) is 22.8 Å². The molecule has 1 heterocycles. The zero-order chi connectivity index (χ0) is 15.6. The van der Waals surface area contributed by atoms with Crippen molar-refractivity contribution in [3.8, 4) is 0 Å². The summed E-state index contributed by atoms with van der Waals surface area (Å²) in [5, 5.41) is 10.7. The number of hydrogen-bond acceptors (Lipinski definition) is 7. The van der Waals surface area contributed by atoms with E-state index in [1.807, 2.05) is 0 Å². The maximum Gasteiger partial charge on any atom is 0.270 e.